The van der Waals surface area contributed by atoms with Crippen LogP contribution in [0.2, 0.25) is 5.02 Å². The van der Waals surface area contributed by atoms with Gasteiger partial charge in [-0.15, -0.1) is 0 Å². The van der Waals surface area contributed by atoms with Crippen molar-refractivity contribution in [1.82, 2.24) is 10.2 Å². The van der Waals surface area contributed by atoms with Gasteiger partial charge >= 0.3 is 0 Å². The zero-order chi connectivity index (χ0) is 13.1. The van der Waals surface area contributed by atoms with Crippen LogP contribution in [0.15, 0.2) is 18.2 Å². The Morgan fingerprint density at radius 1 is 1.35 bits per heavy atom. The van der Waals surface area contributed by atoms with Crippen molar-refractivity contribution >= 4 is 11.6 Å². The highest BCUT2D eigenvalue weighted by molar-refractivity contribution is 6.31. The molecule has 0 atom stereocenters. The molecule has 0 radical (unpaired) electrons. The molecule has 1 aromatic rings. The molecule has 2 nitrogen and oxygen atoms in total. The number of nitrogens with one attached hydrogen (secondary N) is 1. The molecular weight excluding hydrogens is 239 g/mol. The van der Waals surface area contributed by atoms with E-state index in [1.54, 1.807) is 12.1 Å². The summed E-state index contributed by atoms with van der Waals surface area (Å²) < 4.78 is 13.5. The Balaban J connectivity index is 2.57. The summed E-state index contributed by atoms with van der Waals surface area (Å²) in [4.78, 5) is 2.13. The van der Waals surface area contributed by atoms with Crippen molar-refractivity contribution < 1.29 is 4.39 Å². The normalized spacial score (nSPS) is 12.2. The van der Waals surface area contributed by atoms with Gasteiger partial charge in [0.1, 0.15) is 5.82 Å². The second kappa shape index (κ2) is 5.80. The fraction of sp³-hybridized carbons (Fsp3) is 0.538. The lowest BCUT2D eigenvalue weighted by molar-refractivity contribution is 0.189. The van der Waals surface area contributed by atoms with Crippen molar-refractivity contribution in [2.75, 3.05) is 20.6 Å². The van der Waals surface area contributed by atoms with E-state index in [2.05, 4.69) is 24.1 Å². The lowest BCUT2D eigenvalue weighted by Gasteiger charge is -2.32. The maximum atomic E-state index is 13.5. The number of hydrogen-bond acceptors (Lipinski definition) is 2. The van der Waals surface area contributed by atoms with Crippen LogP contribution in [0.4, 0.5) is 4.39 Å². The van der Waals surface area contributed by atoms with Crippen LogP contribution >= 0.6 is 11.6 Å². The third kappa shape index (κ3) is 3.95. The quantitative estimate of drug-likeness (QED) is 0.874. The predicted octanol–water partition coefficient (Wildman–Crippen LogP) is 2.91. The minimum Gasteiger partial charge on any atom is -0.311 e. The van der Waals surface area contributed by atoms with Crippen LogP contribution in [0.3, 0.4) is 0 Å². The molecule has 0 unspecified atom stereocenters. The van der Waals surface area contributed by atoms with E-state index >= 15 is 0 Å². The maximum absolute atomic E-state index is 13.5. The molecule has 4 heteroatoms. The van der Waals surface area contributed by atoms with E-state index in [1.807, 2.05) is 14.1 Å². The number of rotatable bonds is 5. The van der Waals surface area contributed by atoms with Crippen molar-refractivity contribution in [3.8, 4) is 0 Å². The van der Waals surface area contributed by atoms with E-state index in [0.717, 1.165) is 6.54 Å². The summed E-state index contributed by atoms with van der Waals surface area (Å²) in [6.45, 7) is 5.47. The fourth-order valence-corrected chi connectivity index (χ4v) is 1.58. The van der Waals surface area contributed by atoms with Crippen molar-refractivity contribution in [2.24, 2.45) is 0 Å². The SMILES string of the molecule is CN(C)C(C)(C)CNCc1c(F)cccc1Cl. The summed E-state index contributed by atoms with van der Waals surface area (Å²) in [6, 6.07) is 4.75. The fourth-order valence-electron chi connectivity index (χ4n) is 1.35. The standard InChI is InChI=1S/C13H20ClFN2/c1-13(2,17(3)4)9-16-8-10-11(14)6-5-7-12(10)15/h5-7,16H,8-9H2,1-4H3. The van der Waals surface area contributed by atoms with Gasteiger partial charge in [0.15, 0.2) is 0 Å². The summed E-state index contributed by atoms with van der Waals surface area (Å²) in [6.07, 6.45) is 0. The Hall–Kier alpha value is -0.640. The van der Waals surface area contributed by atoms with Gasteiger partial charge < -0.3 is 10.2 Å². The number of benzene rings is 1. The summed E-state index contributed by atoms with van der Waals surface area (Å²) in [7, 11) is 4.05. The highest BCUT2D eigenvalue weighted by Crippen LogP contribution is 2.18. The summed E-state index contributed by atoms with van der Waals surface area (Å²) >= 11 is 5.95. The highest BCUT2D eigenvalue weighted by atomic mass is 35.5. The molecule has 0 spiro atoms. The van der Waals surface area contributed by atoms with Gasteiger partial charge in [0.25, 0.3) is 0 Å². The molecule has 0 amide bonds. The van der Waals surface area contributed by atoms with Gasteiger partial charge in [-0.1, -0.05) is 17.7 Å². The number of likely N-dealkylation sites (N-methyl/N-ethyl adjacent to an activating group) is 1. The van der Waals surface area contributed by atoms with Crippen molar-refractivity contribution in [1.29, 1.82) is 0 Å². The Labute approximate surface area is 108 Å². The van der Waals surface area contributed by atoms with Crippen LogP contribution in [-0.2, 0) is 6.54 Å². The van der Waals surface area contributed by atoms with Crippen LogP contribution < -0.4 is 5.32 Å². The van der Waals surface area contributed by atoms with Crippen LogP contribution in [0.1, 0.15) is 19.4 Å². The molecule has 1 aromatic carbocycles. The monoisotopic (exact) mass is 258 g/mol. The third-order valence-corrected chi connectivity index (χ3v) is 3.49. The first-order valence-corrected chi connectivity index (χ1v) is 6.03. The van der Waals surface area contributed by atoms with Gasteiger partial charge in [-0.3, -0.25) is 0 Å². The molecule has 0 saturated heterocycles. The van der Waals surface area contributed by atoms with Crippen LogP contribution in [0, 0.1) is 5.82 Å². The van der Waals surface area contributed by atoms with Crippen LogP contribution in [0.25, 0.3) is 0 Å². The molecule has 0 aromatic heterocycles. The average Bonchev–Trinajstić information content (AvgIpc) is 2.22. The molecule has 0 fully saturated rings. The zero-order valence-electron chi connectivity index (χ0n) is 10.8. The first-order valence-electron chi connectivity index (χ1n) is 5.65. The van der Waals surface area contributed by atoms with Crippen molar-refractivity contribution in [2.45, 2.75) is 25.9 Å². The lowest BCUT2D eigenvalue weighted by atomic mass is 10.0. The molecular formula is C13H20ClFN2. The minimum atomic E-state index is -0.257. The van der Waals surface area contributed by atoms with Crippen molar-refractivity contribution in [3.63, 3.8) is 0 Å². The first kappa shape index (κ1) is 14.4. The average molecular weight is 259 g/mol. The molecule has 0 aliphatic carbocycles. The molecule has 0 aliphatic rings. The molecule has 17 heavy (non-hydrogen) atoms. The lowest BCUT2D eigenvalue weighted by Crippen LogP contribution is -2.46. The first-order chi connectivity index (χ1) is 7.84. The van der Waals surface area contributed by atoms with Crippen LogP contribution in [0.5, 0.6) is 0 Å². The molecule has 0 bridgehead atoms. The smallest absolute Gasteiger partial charge is 0.129 e. The Morgan fingerprint density at radius 3 is 2.53 bits per heavy atom. The minimum absolute atomic E-state index is 0.0255. The third-order valence-electron chi connectivity index (χ3n) is 3.13. The van der Waals surface area contributed by atoms with E-state index in [-0.39, 0.29) is 11.4 Å². The largest absolute Gasteiger partial charge is 0.311 e. The Morgan fingerprint density at radius 2 is 2.00 bits per heavy atom. The zero-order valence-corrected chi connectivity index (χ0v) is 11.6. The summed E-state index contributed by atoms with van der Waals surface area (Å²) in [5.74, 6) is -0.257. The Kier molecular flexibility index (Phi) is 4.92. The van der Waals surface area contributed by atoms with E-state index in [4.69, 9.17) is 11.6 Å². The second-order valence-corrected chi connectivity index (χ2v) is 5.42. The molecule has 0 aliphatic heterocycles. The second-order valence-electron chi connectivity index (χ2n) is 5.01. The van der Waals surface area contributed by atoms with Gasteiger partial charge in [0.05, 0.1) is 0 Å². The molecule has 0 saturated carbocycles. The summed E-state index contributed by atoms with van der Waals surface area (Å²) in [5, 5.41) is 3.71. The topological polar surface area (TPSA) is 15.3 Å². The molecule has 0 heterocycles. The maximum Gasteiger partial charge on any atom is 0.129 e. The van der Waals surface area contributed by atoms with Gasteiger partial charge in [0, 0.05) is 29.2 Å². The van der Waals surface area contributed by atoms with Crippen LogP contribution in [-0.4, -0.2) is 31.1 Å². The highest BCUT2D eigenvalue weighted by Gasteiger charge is 2.19. The van der Waals surface area contributed by atoms with E-state index in [9.17, 15) is 4.39 Å². The van der Waals surface area contributed by atoms with E-state index in [0.29, 0.717) is 17.1 Å². The number of nitrogens with zero attached hydrogens (tertiary/aromatic N) is 1. The van der Waals surface area contributed by atoms with Gasteiger partial charge in [-0.05, 0) is 40.1 Å². The number of halogens is 2. The van der Waals surface area contributed by atoms with Gasteiger partial charge in [-0.25, -0.2) is 4.39 Å². The van der Waals surface area contributed by atoms with E-state index in [1.165, 1.54) is 6.07 Å². The molecule has 1 N–H and O–H groups in total. The summed E-state index contributed by atoms with van der Waals surface area (Å²) in [5.41, 5.74) is 0.557. The van der Waals surface area contributed by atoms with Gasteiger partial charge in [0.2, 0.25) is 0 Å². The molecule has 1 rings (SSSR count). The van der Waals surface area contributed by atoms with Crippen molar-refractivity contribution in [3.05, 3.63) is 34.6 Å². The van der Waals surface area contributed by atoms with E-state index < -0.39 is 0 Å². The number of hydrogen-bond donors (Lipinski definition) is 1. The van der Waals surface area contributed by atoms with Gasteiger partial charge in [-0.2, -0.15) is 0 Å². The molecule has 96 valence electrons. The Bertz CT molecular complexity index is 357. The predicted molar refractivity (Wildman–Crippen MR) is 70.9 cm³/mol.